The number of ether oxygens (including phenoxy) is 1. The highest BCUT2D eigenvalue weighted by Gasteiger charge is 2.19. The molecule has 1 aromatic rings. The molecule has 0 spiro atoms. The molecule has 1 rings (SSSR count). The lowest BCUT2D eigenvalue weighted by Gasteiger charge is -2.27. The molecule has 0 radical (unpaired) electrons. The summed E-state index contributed by atoms with van der Waals surface area (Å²) in [5.74, 6) is 0. The van der Waals surface area contributed by atoms with Crippen molar-refractivity contribution in [2.75, 3.05) is 7.11 Å². The Morgan fingerprint density at radius 3 is 2.44 bits per heavy atom. The van der Waals surface area contributed by atoms with E-state index in [9.17, 15) is 0 Å². The normalized spacial score (nSPS) is 13.1. The van der Waals surface area contributed by atoms with Crippen LogP contribution in [0.5, 0.6) is 0 Å². The van der Waals surface area contributed by atoms with Crippen molar-refractivity contribution in [3.05, 3.63) is 35.4 Å². The average molecular weight is 246 g/mol. The van der Waals surface area contributed by atoms with Crippen molar-refractivity contribution in [2.24, 2.45) is 0 Å². The van der Waals surface area contributed by atoms with Gasteiger partial charge in [0, 0.05) is 19.7 Å². The first-order valence-corrected chi connectivity index (χ1v) is 6.24. The molecule has 0 fully saturated rings. The molecular weight excluding hydrogens is 224 g/mol. The zero-order valence-electron chi connectivity index (χ0n) is 11.7. The largest absolute Gasteiger partial charge is 0.379 e. The zero-order valence-corrected chi connectivity index (χ0v) is 11.7. The molecule has 3 heteroatoms. The Hall–Kier alpha value is -1.37. The maximum absolute atomic E-state index is 8.72. The van der Waals surface area contributed by atoms with Crippen LogP contribution in [0, 0.1) is 11.3 Å². The van der Waals surface area contributed by atoms with E-state index in [0.29, 0.717) is 11.6 Å². The molecule has 0 heterocycles. The predicted molar refractivity (Wildman–Crippen MR) is 73.2 cm³/mol. The van der Waals surface area contributed by atoms with Crippen molar-refractivity contribution < 1.29 is 4.74 Å². The SMILES string of the molecule is COC(C)(C)C[C@@H](C)NCc1ccc(C#N)cc1. The maximum atomic E-state index is 8.72. The molecular formula is C15H22N2O. The summed E-state index contributed by atoms with van der Waals surface area (Å²) in [6, 6.07) is 10.2. The molecule has 0 aliphatic heterocycles. The highest BCUT2D eigenvalue weighted by Crippen LogP contribution is 2.15. The minimum absolute atomic E-state index is 0.100. The molecule has 98 valence electrons. The molecule has 0 aliphatic carbocycles. The third-order valence-corrected chi connectivity index (χ3v) is 3.09. The van der Waals surface area contributed by atoms with Crippen LogP contribution in [0.25, 0.3) is 0 Å². The summed E-state index contributed by atoms with van der Waals surface area (Å²) in [5, 5.41) is 12.2. The van der Waals surface area contributed by atoms with Crippen molar-refractivity contribution in [3.8, 4) is 6.07 Å². The smallest absolute Gasteiger partial charge is 0.0991 e. The van der Waals surface area contributed by atoms with Crippen LogP contribution in [0.3, 0.4) is 0 Å². The molecule has 0 aliphatic rings. The lowest BCUT2D eigenvalue weighted by Crippen LogP contribution is -2.35. The number of nitriles is 1. The van der Waals surface area contributed by atoms with Crippen molar-refractivity contribution >= 4 is 0 Å². The highest BCUT2D eigenvalue weighted by molar-refractivity contribution is 5.31. The Labute approximate surface area is 110 Å². The number of nitrogens with one attached hydrogen (secondary N) is 1. The molecule has 0 saturated carbocycles. The Bertz CT molecular complexity index is 403. The summed E-state index contributed by atoms with van der Waals surface area (Å²) in [4.78, 5) is 0. The molecule has 0 unspecified atom stereocenters. The van der Waals surface area contributed by atoms with Crippen molar-refractivity contribution in [2.45, 2.75) is 45.4 Å². The third-order valence-electron chi connectivity index (χ3n) is 3.09. The van der Waals surface area contributed by atoms with Crippen molar-refractivity contribution in [1.29, 1.82) is 5.26 Å². The minimum atomic E-state index is -0.100. The molecule has 1 atom stereocenters. The van der Waals surface area contributed by atoms with Crippen LogP contribution in [-0.4, -0.2) is 18.8 Å². The zero-order chi connectivity index (χ0) is 13.6. The standard InChI is InChI=1S/C15H22N2O/c1-12(9-15(2,3)18-4)17-11-14-7-5-13(10-16)6-8-14/h5-8,12,17H,9,11H2,1-4H3/t12-/m1/s1. The number of nitrogens with zero attached hydrogens (tertiary/aromatic N) is 1. The van der Waals surface area contributed by atoms with E-state index in [4.69, 9.17) is 10.00 Å². The Morgan fingerprint density at radius 1 is 1.33 bits per heavy atom. The lowest BCUT2D eigenvalue weighted by atomic mass is 9.99. The van der Waals surface area contributed by atoms with E-state index in [0.717, 1.165) is 13.0 Å². The van der Waals surface area contributed by atoms with E-state index in [1.807, 2.05) is 24.3 Å². The van der Waals surface area contributed by atoms with Gasteiger partial charge in [0.15, 0.2) is 0 Å². The van der Waals surface area contributed by atoms with Crippen LogP contribution >= 0.6 is 0 Å². The highest BCUT2D eigenvalue weighted by atomic mass is 16.5. The van der Waals surface area contributed by atoms with E-state index in [2.05, 4.69) is 32.2 Å². The van der Waals surface area contributed by atoms with Crippen LogP contribution in [-0.2, 0) is 11.3 Å². The maximum Gasteiger partial charge on any atom is 0.0991 e. The fourth-order valence-electron chi connectivity index (χ4n) is 1.88. The molecule has 0 amide bonds. The van der Waals surface area contributed by atoms with Gasteiger partial charge in [0.1, 0.15) is 0 Å². The van der Waals surface area contributed by atoms with Gasteiger partial charge in [-0.2, -0.15) is 5.26 Å². The topological polar surface area (TPSA) is 45.0 Å². The second-order valence-corrected chi connectivity index (χ2v) is 5.26. The molecule has 0 saturated heterocycles. The fourth-order valence-corrected chi connectivity index (χ4v) is 1.88. The monoisotopic (exact) mass is 246 g/mol. The molecule has 1 N–H and O–H groups in total. The van der Waals surface area contributed by atoms with Gasteiger partial charge in [-0.3, -0.25) is 0 Å². The first-order valence-electron chi connectivity index (χ1n) is 6.24. The second-order valence-electron chi connectivity index (χ2n) is 5.26. The first-order chi connectivity index (χ1) is 8.46. The van der Waals surface area contributed by atoms with Gasteiger partial charge in [0.25, 0.3) is 0 Å². The summed E-state index contributed by atoms with van der Waals surface area (Å²) in [6.07, 6.45) is 0.958. The van der Waals surface area contributed by atoms with E-state index < -0.39 is 0 Å². The Kier molecular flexibility index (Phi) is 5.33. The van der Waals surface area contributed by atoms with Gasteiger partial charge in [0.05, 0.1) is 17.2 Å². The summed E-state index contributed by atoms with van der Waals surface area (Å²) in [7, 11) is 1.74. The first kappa shape index (κ1) is 14.7. The van der Waals surface area contributed by atoms with E-state index >= 15 is 0 Å². The molecule has 18 heavy (non-hydrogen) atoms. The van der Waals surface area contributed by atoms with Gasteiger partial charge < -0.3 is 10.1 Å². The van der Waals surface area contributed by atoms with Crippen LogP contribution < -0.4 is 5.32 Å². The van der Waals surface area contributed by atoms with E-state index in [-0.39, 0.29) is 5.60 Å². The van der Waals surface area contributed by atoms with E-state index in [1.165, 1.54) is 5.56 Å². The van der Waals surface area contributed by atoms with Crippen LogP contribution in [0.2, 0.25) is 0 Å². The third kappa shape index (κ3) is 4.87. The predicted octanol–water partition coefficient (Wildman–Crippen LogP) is 2.85. The fraction of sp³-hybridized carbons (Fsp3) is 0.533. The minimum Gasteiger partial charge on any atom is -0.379 e. The number of benzene rings is 1. The van der Waals surface area contributed by atoms with Crippen molar-refractivity contribution in [1.82, 2.24) is 5.32 Å². The molecule has 3 nitrogen and oxygen atoms in total. The summed E-state index contributed by atoms with van der Waals surface area (Å²) in [6.45, 7) is 7.15. The molecule has 0 aromatic heterocycles. The van der Waals surface area contributed by atoms with E-state index in [1.54, 1.807) is 7.11 Å². The molecule has 0 bridgehead atoms. The van der Waals surface area contributed by atoms with Gasteiger partial charge in [0.2, 0.25) is 0 Å². The van der Waals surface area contributed by atoms with Gasteiger partial charge in [-0.1, -0.05) is 12.1 Å². The van der Waals surface area contributed by atoms with Gasteiger partial charge in [-0.15, -0.1) is 0 Å². The number of hydrogen-bond acceptors (Lipinski definition) is 3. The summed E-state index contributed by atoms with van der Waals surface area (Å²) >= 11 is 0. The van der Waals surface area contributed by atoms with Gasteiger partial charge >= 0.3 is 0 Å². The number of hydrogen-bond donors (Lipinski definition) is 1. The lowest BCUT2D eigenvalue weighted by molar-refractivity contribution is 0.00844. The van der Waals surface area contributed by atoms with Crippen LogP contribution in [0.15, 0.2) is 24.3 Å². The van der Waals surface area contributed by atoms with Crippen LogP contribution in [0.4, 0.5) is 0 Å². The quantitative estimate of drug-likeness (QED) is 0.839. The van der Waals surface area contributed by atoms with Crippen LogP contribution in [0.1, 0.15) is 38.3 Å². The van der Waals surface area contributed by atoms with Gasteiger partial charge in [-0.25, -0.2) is 0 Å². The Balaban J connectivity index is 2.42. The summed E-state index contributed by atoms with van der Waals surface area (Å²) < 4.78 is 5.41. The summed E-state index contributed by atoms with van der Waals surface area (Å²) in [5.41, 5.74) is 1.79. The molecule has 1 aromatic carbocycles. The number of rotatable bonds is 6. The second kappa shape index (κ2) is 6.53. The van der Waals surface area contributed by atoms with Gasteiger partial charge in [-0.05, 0) is 44.9 Å². The average Bonchev–Trinajstić information content (AvgIpc) is 2.36. The van der Waals surface area contributed by atoms with Crippen molar-refractivity contribution in [3.63, 3.8) is 0 Å². The Morgan fingerprint density at radius 2 is 1.94 bits per heavy atom. The number of methoxy groups -OCH3 is 1.